The first-order valence-corrected chi connectivity index (χ1v) is 11.5. The molecule has 7 rings (SSSR count). The van der Waals surface area contributed by atoms with E-state index in [9.17, 15) is 0 Å². The number of H-pyrrole nitrogens is 1. The van der Waals surface area contributed by atoms with Crippen molar-refractivity contribution >= 4 is 39.6 Å². The molecule has 4 aromatic heterocycles. The van der Waals surface area contributed by atoms with E-state index in [1.165, 1.54) is 0 Å². The number of aryl methyl sites for hydroxylation is 1. The van der Waals surface area contributed by atoms with Gasteiger partial charge in [0.2, 0.25) is 5.65 Å². The number of piperidine rings is 1. The van der Waals surface area contributed by atoms with Gasteiger partial charge in [-0.1, -0.05) is 11.6 Å². The van der Waals surface area contributed by atoms with Crippen LogP contribution in [-0.2, 0) is 7.05 Å². The second-order valence-corrected chi connectivity index (χ2v) is 9.04. The molecule has 1 aromatic carbocycles. The van der Waals surface area contributed by atoms with Gasteiger partial charge in [-0.2, -0.15) is 10.2 Å². The van der Waals surface area contributed by atoms with Gasteiger partial charge >= 0.3 is 0 Å². The Bertz CT molecular complexity index is 1450. The number of nitrogens with zero attached hydrogens (tertiary/aromatic N) is 8. The van der Waals surface area contributed by atoms with Gasteiger partial charge in [-0.05, 0) is 42.5 Å². The molecular weight excluding hydrogens is 452 g/mol. The van der Waals surface area contributed by atoms with E-state index < -0.39 is 0 Å². The molecule has 1 aliphatic carbocycles. The molecular formula is C23H23ClN10. The highest BCUT2D eigenvalue weighted by molar-refractivity contribution is 6.37. The van der Waals surface area contributed by atoms with E-state index in [0.717, 1.165) is 42.2 Å². The molecule has 3 N–H and O–H groups in total. The van der Waals surface area contributed by atoms with Gasteiger partial charge in [0.15, 0.2) is 0 Å². The first-order chi connectivity index (χ1) is 16.6. The third kappa shape index (κ3) is 3.55. The smallest absolute Gasteiger partial charge is 0.202 e. The van der Waals surface area contributed by atoms with Gasteiger partial charge in [0.25, 0.3) is 0 Å². The van der Waals surface area contributed by atoms with Gasteiger partial charge in [0.1, 0.15) is 16.9 Å². The summed E-state index contributed by atoms with van der Waals surface area (Å²) in [6.07, 6.45) is 8.73. The third-order valence-corrected chi connectivity index (χ3v) is 7.09. The molecule has 2 aliphatic rings. The second kappa shape index (κ2) is 8.30. The number of aromatic amines is 1. The van der Waals surface area contributed by atoms with Crippen LogP contribution in [0.25, 0.3) is 33.5 Å². The van der Waals surface area contributed by atoms with Gasteiger partial charge in [0, 0.05) is 50.5 Å². The fraction of sp³-hybridized carbons (Fsp3) is 0.304. The van der Waals surface area contributed by atoms with E-state index in [1.54, 1.807) is 23.3 Å². The predicted molar refractivity (Wildman–Crippen MR) is 130 cm³/mol. The van der Waals surface area contributed by atoms with Crippen LogP contribution >= 0.6 is 11.6 Å². The van der Waals surface area contributed by atoms with Crippen molar-refractivity contribution in [1.29, 1.82) is 0 Å². The molecule has 5 aromatic rings. The lowest BCUT2D eigenvalue weighted by molar-refractivity contribution is 0.644. The van der Waals surface area contributed by atoms with Crippen LogP contribution in [0, 0.1) is 17.8 Å². The van der Waals surface area contributed by atoms with Crippen LogP contribution in [-0.4, -0.2) is 59.5 Å². The van der Waals surface area contributed by atoms with Gasteiger partial charge in [-0.25, -0.2) is 9.97 Å². The lowest BCUT2D eigenvalue weighted by atomic mass is 10.1. The van der Waals surface area contributed by atoms with Crippen LogP contribution < -0.4 is 10.6 Å². The molecule has 2 atom stereocenters. The van der Waals surface area contributed by atoms with E-state index >= 15 is 0 Å². The highest BCUT2D eigenvalue weighted by Gasteiger charge is 2.54. The topological polar surface area (TPSA) is 127 Å². The Morgan fingerprint density at radius 1 is 1.09 bits per heavy atom. The summed E-state index contributed by atoms with van der Waals surface area (Å²) in [5, 5.41) is 11.8. The number of halogens is 1. The molecule has 11 heteroatoms. The van der Waals surface area contributed by atoms with Crippen molar-refractivity contribution in [2.45, 2.75) is 0 Å². The number of nitrogens with two attached hydrogens (primary N) is 1. The number of anilines is 1. The molecule has 2 unspecified atom stereocenters. The molecule has 172 valence electrons. The fourth-order valence-corrected chi connectivity index (χ4v) is 5.16. The van der Waals surface area contributed by atoms with Gasteiger partial charge in [0.05, 0.1) is 22.4 Å². The van der Waals surface area contributed by atoms with Gasteiger partial charge in [-0.15, -0.1) is 0 Å². The minimum atomic E-state index is 0.523. The summed E-state index contributed by atoms with van der Waals surface area (Å²) in [5.74, 6) is 2.96. The van der Waals surface area contributed by atoms with Crippen molar-refractivity contribution in [2.75, 3.05) is 24.5 Å². The van der Waals surface area contributed by atoms with Crippen LogP contribution in [0.15, 0.2) is 49.2 Å². The molecule has 0 spiro atoms. The number of hydrogen-bond acceptors (Lipinski definition) is 8. The summed E-state index contributed by atoms with van der Waals surface area (Å²) in [4.78, 5) is 20.3. The number of fused-ring (bicyclic) bond motifs is 3. The van der Waals surface area contributed by atoms with Crippen LogP contribution in [0.1, 0.15) is 0 Å². The summed E-state index contributed by atoms with van der Waals surface area (Å²) in [6.45, 7) is 2.78. The normalized spacial score (nSPS) is 20.9. The first-order valence-electron chi connectivity index (χ1n) is 11.1. The first kappa shape index (κ1) is 20.9. The van der Waals surface area contributed by atoms with Gasteiger partial charge < -0.3 is 10.6 Å². The van der Waals surface area contributed by atoms with Crippen molar-refractivity contribution in [3.05, 3.63) is 54.2 Å². The van der Waals surface area contributed by atoms with E-state index in [1.807, 2.05) is 37.6 Å². The summed E-state index contributed by atoms with van der Waals surface area (Å²) in [6, 6.07) is 5.69. The Morgan fingerprint density at radius 2 is 1.91 bits per heavy atom. The highest BCUT2D eigenvalue weighted by atomic mass is 35.5. The number of hydrogen-bond donors (Lipinski definition) is 2. The average Bonchev–Trinajstić information content (AvgIpc) is 3.32. The van der Waals surface area contributed by atoms with E-state index in [-0.39, 0.29) is 0 Å². The molecule has 0 bridgehead atoms. The summed E-state index contributed by atoms with van der Waals surface area (Å²) in [7, 11) is 1.89. The van der Waals surface area contributed by atoms with Crippen molar-refractivity contribution in [3.63, 3.8) is 0 Å². The lowest BCUT2D eigenvalue weighted by Gasteiger charge is -2.19. The monoisotopic (exact) mass is 474 g/mol. The zero-order valence-electron chi connectivity index (χ0n) is 18.5. The zero-order valence-corrected chi connectivity index (χ0v) is 19.3. The van der Waals surface area contributed by atoms with Gasteiger partial charge in [-0.3, -0.25) is 19.7 Å². The molecule has 10 nitrogen and oxygen atoms in total. The zero-order chi connectivity index (χ0) is 23.2. The van der Waals surface area contributed by atoms with Crippen molar-refractivity contribution < 1.29 is 0 Å². The minimum Gasteiger partial charge on any atom is -0.355 e. The maximum absolute atomic E-state index is 6.60. The molecule has 34 heavy (non-hydrogen) atoms. The standard InChI is InChI=1S/C19H17ClN8.C4H6N2/c20-15-9(1-2-13-17(15)23-4-3-22-13)16-18-19(27-26-16)25-14(6-24-18)28-7-11-10(5-21)12(11)8-28;1-6-4-2-3-5-6/h1-4,6,10-12H,5,7-8,21H2,(H,25,26,27);2-4H,1H3. The number of aromatic nitrogens is 8. The Morgan fingerprint density at radius 3 is 2.62 bits per heavy atom. The maximum atomic E-state index is 6.60. The Labute approximate surface area is 200 Å². The molecule has 0 amide bonds. The van der Waals surface area contributed by atoms with Crippen molar-refractivity contribution in [3.8, 4) is 11.3 Å². The molecule has 0 radical (unpaired) electrons. The van der Waals surface area contributed by atoms with E-state index in [4.69, 9.17) is 22.3 Å². The maximum Gasteiger partial charge on any atom is 0.202 e. The minimum absolute atomic E-state index is 0.523. The molecule has 1 aliphatic heterocycles. The fourth-order valence-electron chi connectivity index (χ4n) is 4.85. The molecule has 5 heterocycles. The van der Waals surface area contributed by atoms with Crippen LogP contribution in [0.5, 0.6) is 0 Å². The number of benzene rings is 1. The second-order valence-electron chi connectivity index (χ2n) is 8.66. The van der Waals surface area contributed by atoms with Crippen molar-refractivity contribution in [1.82, 2.24) is 39.9 Å². The number of nitrogens with one attached hydrogen (secondary N) is 1. The Balaban J connectivity index is 0.000000318. The Hall–Kier alpha value is -3.63. The SMILES string of the molecule is Cn1cccn1.NCC1C2CN(c3cnc4c(-c5ccc6nccnc6c5Cl)[nH]nc4n3)CC12. The predicted octanol–water partition coefficient (Wildman–Crippen LogP) is 2.68. The van der Waals surface area contributed by atoms with Crippen LogP contribution in [0.2, 0.25) is 5.02 Å². The lowest BCUT2D eigenvalue weighted by Crippen LogP contribution is -2.26. The van der Waals surface area contributed by atoms with Crippen LogP contribution in [0.3, 0.4) is 0 Å². The van der Waals surface area contributed by atoms with E-state index in [2.05, 4.69) is 35.1 Å². The van der Waals surface area contributed by atoms with Crippen molar-refractivity contribution in [2.24, 2.45) is 30.5 Å². The summed E-state index contributed by atoms with van der Waals surface area (Å²) >= 11 is 6.60. The highest BCUT2D eigenvalue weighted by Crippen LogP contribution is 2.51. The molecule has 1 saturated heterocycles. The molecule has 1 saturated carbocycles. The van der Waals surface area contributed by atoms with E-state index in [0.29, 0.717) is 39.5 Å². The average molecular weight is 475 g/mol. The third-order valence-electron chi connectivity index (χ3n) is 6.70. The Kier molecular flexibility index (Phi) is 5.11. The number of rotatable bonds is 3. The summed E-state index contributed by atoms with van der Waals surface area (Å²) < 4.78 is 1.75. The van der Waals surface area contributed by atoms with Crippen LogP contribution in [0.4, 0.5) is 5.82 Å². The summed E-state index contributed by atoms with van der Waals surface area (Å²) in [5.41, 5.74) is 10.0. The largest absolute Gasteiger partial charge is 0.355 e. The quantitative estimate of drug-likeness (QED) is 0.408. The molecule has 2 fully saturated rings.